The van der Waals surface area contributed by atoms with Gasteiger partial charge in [-0.05, 0) is 61.4 Å². The van der Waals surface area contributed by atoms with E-state index >= 15 is 0 Å². The van der Waals surface area contributed by atoms with E-state index in [-0.39, 0.29) is 22.9 Å². The lowest BCUT2D eigenvalue weighted by Crippen LogP contribution is -2.38. The molecule has 26 heavy (non-hydrogen) atoms. The highest BCUT2D eigenvalue weighted by Crippen LogP contribution is 2.41. The molecule has 2 aromatic carbocycles. The van der Waals surface area contributed by atoms with E-state index in [1.54, 1.807) is 18.2 Å². The fourth-order valence-corrected chi connectivity index (χ4v) is 4.61. The summed E-state index contributed by atoms with van der Waals surface area (Å²) in [5.74, 6) is -0.0558. The van der Waals surface area contributed by atoms with Crippen LogP contribution >= 0.6 is 0 Å². The first-order valence-electron chi connectivity index (χ1n) is 9.16. The third-order valence-electron chi connectivity index (χ3n) is 5.36. The molecule has 2 aromatic rings. The van der Waals surface area contributed by atoms with Gasteiger partial charge >= 0.3 is 0 Å². The van der Waals surface area contributed by atoms with E-state index in [9.17, 15) is 13.2 Å². The minimum atomic E-state index is -3.33. The number of hydrogen-bond donors (Lipinski definition) is 0. The van der Waals surface area contributed by atoms with Crippen molar-refractivity contribution in [3.63, 3.8) is 0 Å². The minimum Gasteiger partial charge on any atom is -0.329 e. The lowest BCUT2D eigenvalue weighted by Gasteiger charge is -2.36. The standard InChI is InChI=1S/C21H23NO3S/c1-26(24,25)18-9-4-8-16(14-18)21(23)22(17-12-13-17)20-11-5-7-15-6-2-3-10-19(15)20/h2-4,6,8-10,14,17,20H,5,7,11-13H2,1H3. The zero-order chi connectivity index (χ0) is 18.3. The summed E-state index contributed by atoms with van der Waals surface area (Å²) in [6.45, 7) is 0. The molecule has 0 saturated heterocycles. The molecule has 4 rings (SSSR count). The predicted octanol–water partition coefficient (Wildman–Crippen LogP) is 3.77. The number of nitrogens with zero attached hydrogens (tertiary/aromatic N) is 1. The molecule has 1 saturated carbocycles. The molecule has 136 valence electrons. The Hall–Kier alpha value is -2.14. The van der Waals surface area contributed by atoms with Crippen LogP contribution in [0.5, 0.6) is 0 Å². The number of fused-ring (bicyclic) bond motifs is 1. The molecule has 0 radical (unpaired) electrons. The van der Waals surface area contributed by atoms with Crippen molar-refractivity contribution in [3.05, 3.63) is 65.2 Å². The normalized spacial score (nSPS) is 19.7. The summed E-state index contributed by atoms with van der Waals surface area (Å²) in [4.78, 5) is 15.6. The Balaban J connectivity index is 1.72. The number of benzene rings is 2. The van der Waals surface area contributed by atoms with Gasteiger partial charge in [-0.3, -0.25) is 4.79 Å². The number of carbonyl (C=O) groups is 1. The largest absolute Gasteiger partial charge is 0.329 e. The fraction of sp³-hybridized carbons (Fsp3) is 0.381. The van der Waals surface area contributed by atoms with Gasteiger partial charge in [0.05, 0.1) is 10.9 Å². The first-order valence-corrected chi connectivity index (χ1v) is 11.0. The highest BCUT2D eigenvalue weighted by atomic mass is 32.2. The van der Waals surface area contributed by atoms with E-state index < -0.39 is 9.84 Å². The van der Waals surface area contributed by atoms with E-state index in [4.69, 9.17) is 0 Å². The predicted molar refractivity (Wildman–Crippen MR) is 101 cm³/mol. The first-order chi connectivity index (χ1) is 12.4. The smallest absolute Gasteiger partial charge is 0.254 e. The first kappa shape index (κ1) is 17.3. The fourth-order valence-electron chi connectivity index (χ4n) is 3.94. The van der Waals surface area contributed by atoms with Crippen LogP contribution in [0.4, 0.5) is 0 Å². The van der Waals surface area contributed by atoms with Crippen molar-refractivity contribution in [1.29, 1.82) is 0 Å². The van der Waals surface area contributed by atoms with Gasteiger partial charge in [0, 0.05) is 17.9 Å². The monoisotopic (exact) mass is 369 g/mol. The van der Waals surface area contributed by atoms with Gasteiger partial charge in [-0.2, -0.15) is 0 Å². The van der Waals surface area contributed by atoms with Crippen LogP contribution in [0.25, 0.3) is 0 Å². The number of aryl methyl sites for hydroxylation is 1. The van der Waals surface area contributed by atoms with Crippen LogP contribution in [-0.4, -0.2) is 31.5 Å². The zero-order valence-electron chi connectivity index (χ0n) is 14.9. The van der Waals surface area contributed by atoms with Crippen molar-refractivity contribution in [2.24, 2.45) is 0 Å². The molecule has 5 heteroatoms. The van der Waals surface area contributed by atoms with Crippen LogP contribution in [0.3, 0.4) is 0 Å². The molecule has 1 fully saturated rings. The maximum atomic E-state index is 13.3. The lowest BCUT2D eigenvalue weighted by atomic mass is 9.86. The second-order valence-corrected chi connectivity index (χ2v) is 9.37. The molecule has 0 spiro atoms. The van der Waals surface area contributed by atoms with Crippen LogP contribution in [0.15, 0.2) is 53.4 Å². The van der Waals surface area contributed by atoms with E-state index in [0.717, 1.165) is 32.1 Å². The number of sulfone groups is 1. The molecule has 1 unspecified atom stereocenters. The average molecular weight is 369 g/mol. The van der Waals surface area contributed by atoms with Crippen LogP contribution in [-0.2, 0) is 16.3 Å². The SMILES string of the molecule is CS(=O)(=O)c1cccc(C(=O)N(C2CC2)C2CCCc3ccccc32)c1. The second-order valence-electron chi connectivity index (χ2n) is 7.35. The van der Waals surface area contributed by atoms with Gasteiger partial charge in [0.2, 0.25) is 0 Å². The number of hydrogen-bond acceptors (Lipinski definition) is 3. The maximum absolute atomic E-state index is 13.3. The van der Waals surface area contributed by atoms with Crippen molar-refractivity contribution in [3.8, 4) is 0 Å². The zero-order valence-corrected chi connectivity index (χ0v) is 15.7. The summed E-state index contributed by atoms with van der Waals surface area (Å²) in [6, 6.07) is 15.2. The topological polar surface area (TPSA) is 54.5 Å². The van der Waals surface area contributed by atoms with Crippen molar-refractivity contribution in [1.82, 2.24) is 4.90 Å². The summed E-state index contributed by atoms with van der Waals surface area (Å²) >= 11 is 0. The second kappa shape index (κ2) is 6.54. The third kappa shape index (κ3) is 3.28. The summed E-state index contributed by atoms with van der Waals surface area (Å²) in [5.41, 5.74) is 3.04. The van der Waals surface area contributed by atoms with Crippen molar-refractivity contribution < 1.29 is 13.2 Å². The van der Waals surface area contributed by atoms with E-state index in [1.807, 2.05) is 11.0 Å². The molecule has 4 nitrogen and oxygen atoms in total. The van der Waals surface area contributed by atoms with Gasteiger partial charge < -0.3 is 4.90 Å². The molecular weight excluding hydrogens is 346 g/mol. The van der Waals surface area contributed by atoms with Gasteiger partial charge in [-0.1, -0.05) is 30.3 Å². The summed E-state index contributed by atoms with van der Waals surface area (Å²) in [7, 11) is -3.33. The molecular formula is C21H23NO3S. The number of rotatable bonds is 4. The van der Waals surface area contributed by atoms with Gasteiger partial charge in [-0.15, -0.1) is 0 Å². The quantitative estimate of drug-likeness (QED) is 0.824. The maximum Gasteiger partial charge on any atom is 0.254 e. The summed E-state index contributed by atoms with van der Waals surface area (Å²) in [6.07, 6.45) is 6.31. The number of amides is 1. The molecule has 0 N–H and O–H groups in total. The lowest BCUT2D eigenvalue weighted by molar-refractivity contribution is 0.0637. The van der Waals surface area contributed by atoms with Gasteiger partial charge in [-0.25, -0.2) is 8.42 Å². The van der Waals surface area contributed by atoms with Crippen LogP contribution in [0.2, 0.25) is 0 Å². The molecule has 0 aromatic heterocycles. The highest BCUT2D eigenvalue weighted by molar-refractivity contribution is 7.90. The number of carbonyl (C=O) groups excluding carboxylic acids is 1. The Labute approximate surface area is 154 Å². The molecule has 1 amide bonds. The van der Waals surface area contributed by atoms with E-state index in [0.29, 0.717) is 5.56 Å². The van der Waals surface area contributed by atoms with Crippen molar-refractivity contribution in [2.75, 3.05) is 6.26 Å². The highest BCUT2D eigenvalue weighted by Gasteiger charge is 2.39. The van der Waals surface area contributed by atoms with Gasteiger partial charge in [0.15, 0.2) is 9.84 Å². The Morgan fingerprint density at radius 2 is 1.81 bits per heavy atom. The Bertz CT molecular complexity index is 947. The Morgan fingerprint density at radius 3 is 2.54 bits per heavy atom. The third-order valence-corrected chi connectivity index (χ3v) is 6.47. The Morgan fingerprint density at radius 1 is 1.04 bits per heavy atom. The van der Waals surface area contributed by atoms with Crippen molar-refractivity contribution >= 4 is 15.7 Å². The van der Waals surface area contributed by atoms with Crippen molar-refractivity contribution in [2.45, 2.75) is 49.1 Å². The minimum absolute atomic E-state index is 0.0558. The van der Waals surface area contributed by atoms with E-state index in [1.165, 1.54) is 23.4 Å². The van der Waals surface area contributed by atoms with Crippen LogP contribution in [0.1, 0.15) is 53.2 Å². The molecule has 0 heterocycles. The molecule has 1 atom stereocenters. The van der Waals surface area contributed by atoms with Gasteiger partial charge in [0.1, 0.15) is 0 Å². The van der Waals surface area contributed by atoms with Crippen LogP contribution in [0, 0.1) is 0 Å². The molecule has 0 aliphatic heterocycles. The van der Waals surface area contributed by atoms with Gasteiger partial charge in [0.25, 0.3) is 5.91 Å². The average Bonchev–Trinajstić information content (AvgIpc) is 3.46. The molecule has 2 aliphatic carbocycles. The molecule has 0 bridgehead atoms. The van der Waals surface area contributed by atoms with E-state index in [2.05, 4.69) is 18.2 Å². The Kier molecular flexibility index (Phi) is 4.35. The summed E-state index contributed by atoms with van der Waals surface area (Å²) in [5, 5.41) is 0. The molecule has 2 aliphatic rings. The summed E-state index contributed by atoms with van der Waals surface area (Å²) < 4.78 is 23.7. The van der Waals surface area contributed by atoms with Crippen LogP contribution < -0.4 is 0 Å².